The maximum atomic E-state index is 12.7. The monoisotopic (exact) mass is 337 g/mol. The minimum atomic E-state index is -0.112. The maximum absolute atomic E-state index is 12.7. The SMILES string of the molecule is O=C(Nc1ccc(-n2cccn2)nc1)N1CCCC[C@@H]1c1cn[nH]c1. The number of pyridine rings is 1. The zero-order valence-corrected chi connectivity index (χ0v) is 13.7. The highest BCUT2D eigenvalue weighted by atomic mass is 16.2. The number of piperidine rings is 1. The third kappa shape index (κ3) is 3.23. The van der Waals surface area contributed by atoms with E-state index in [0.29, 0.717) is 11.5 Å². The molecule has 0 aliphatic carbocycles. The zero-order chi connectivity index (χ0) is 17.1. The number of hydrogen-bond donors (Lipinski definition) is 2. The molecule has 8 nitrogen and oxygen atoms in total. The van der Waals surface area contributed by atoms with E-state index >= 15 is 0 Å². The van der Waals surface area contributed by atoms with Gasteiger partial charge in [-0.3, -0.25) is 5.10 Å². The molecule has 1 saturated heterocycles. The van der Waals surface area contributed by atoms with E-state index in [9.17, 15) is 4.79 Å². The van der Waals surface area contributed by atoms with Crippen LogP contribution in [0.1, 0.15) is 30.9 Å². The predicted molar refractivity (Wildman–Crippen MR) is 92.3 cm³/mol. The average Bonchev–Trinajstić information content (AvgIpc) is 3.36. The van der Waals surface area contributed by atoms with Gasteiger partial charge in [-0.1, -0.05) is 0 Å². The molecule has 1 aliphatic rings. The van der Waals surface area contributed by atoms with Crippen LogP contribution in [0.2, 0.25) is 0 Å². The van der Waals surface area contributed by atoms with Crippen molar-refractivity contribution >= 4 is 11.7 Å². The minimum absolute atomic E-state index is 0.0591. The summed E-state index contributed by atoms with van der Waals surface area (Å²) in [5.41, 5.74) is 1.71. The van der Waals surface area contributed by atoms with Crippen molar-refractivity contribution in [3.05, 3.63) is 54.7 Å². The van der Waals surface area contributed by atoms with Crippen molar-refractivity contribution in [3.8, 4) is 5.82 Å². The van der Waals surface area contributed by atoms with E-state index in [2.05, 4.69) is 25.6 Å². The van der Waals surface area contributed by atoms with E-state index in [4.69, 9.17) is 0 Å². The standard InChI is InChI=1S/C17H19N7O/c25-17(23-8-2-1-4-15(23)13-10-19-20-11-13)22-14-5-6-16(18-12-14)24-9-3-7-21-24/h3,5-7,9-12,15H,1-2,4,8H2,(H,19,20)(H,22,25)/t15-/m1/s1. The Balaban J connectivity index is 1.47. The first-order chi connectivity index (χ1) is 12.3. The molecule has 0 spiro atoms. The van der Waals surface area contributed by atoms with Gasteiger partial charge in [-0.05, 0) is 37.5 Å². The molecule has 0 bridgehead atoms. The number of H-pyrrole nitrogens is 1. The van der Waals surface area contributed by atoms with Crippen molar-refractivity contribution in [3.63, 3.8) is 0 Å². The normalized spacial score (nSPS) is 17.4. The molecule has 0 radical (unpaired) electrons. The number of carbonyl (C=O) groups excluding carboxylic acids is 1. The summed E-state index contributed by atoms with van der Waals surface area (Å²) in [7, 11) is 0. The van der Waals surface area contributed by atoms with Crippen LogP contribution in [0, 0.1) is 0 Å². The summed E-state index contributed by atoms with van der Waals surface area (Å²) in [6, 6.07) is 5.44. The summed E-state index contributed by atoms with van der Waals surface area (Å²) < 4.78 is 1.67. The molecule has 1 aliphatic heterocycles. The number of nitrogens with one attached hydrogen (secondary N) is 2. The molecule has 2 amide bonds. The largest absolute Gasteiger partial charge is 0.322 e. The van der Waals surface area contributed by atoms with E-state index in [-0.39, 0.29) is 12.1 Å². The molecule has 1 atom stereocenters. The minimum Gasteiger partial charge on any atom is -0.317 e. The van der Waals surface area contributed by atoms with E-state index in [1.165, 1.54) is 0 Å². The molecule has 1 fully saturated rings. The van der Waals surface area contributed by atoms with Gasteiger partial charge in [0, 0.05) is 30.7 Å². The number of aromatic nitrogens is 5. The molecular formula is C17H19N7O. The van der Waals surface area contributed by atoms with Gasteiger partial charge in [-0.25, -0.2) is 14.5 Å². The van der Waals surface area contributed by atoms with Gasteiger partial charge >= 0.3 is 6.03 Å². The summed E-state index contributed by atoms with van der Waals surface area (Å²) in [5, 5.41) is 13.9. The Labute approximate surface area is 144 Å². The molecule has 4 rings (SSSR count). The summed E-state index contributed by atoms with van der Waals surface area (Å²) in [4.78, 5) is 18.9. The van der Waals surface area contributed by atoms with Gasteiger partial charge in [-0.2, -0.15) is 10.2 Å². The van der Waals surface area contributed by atoms with Crippen LogP contribution in [0.3, 0.4) is 0 Å². The lowest BCUT2D eigenvalue weighted by atomic mass is 9.98. The molecule has 128 valence electrons. The highest BCUT2D eigenvalue weighted by Crippen LogP contribution is 2.30. The fraction of sp³-hybridized carbons (Fsp3) is 0.294. The lowest BCUT2D eigenvalue weighted by Crippen LogP contribution is -2.41. The van der Waals surface area contributed by atoms with E-state index in [1.54, 1.807) is 23.3 Å². The van der Waals surface area contributed by atoms with Gasteiger partial charge in [0.25, 0.3) is 0 Å². The summed E-state index contributed by atoms with van der Waals surface area (Å²) in [5.74, 6) is 0.706. The van der Waals surface area contributed by atoms with Crippen LogP contribution in [0.15, 0.2) is 49.2 Å². The number of hydrogen-bond acceptors (Lipinski definition) is 4. The fourth-order valence-corrected chi connectivity index (χ4v) is 3.16. The maximum Gasteiger partial charge on any atom is 0.322 e. The number of urea groups is 1. The predicted octanol–water partition coefficient (Wildman–Crippen LogP) is 2.75. The third-order valence-electron chi connectivity index (χ3n) is 4.41. The van der Waals surface area contributed by atoms with Crippen LogP contribution in [0.25, 0.3) is 5.82 Å². The van der Waals surface area contributed by atoms with Crippen molar-refractivity contribution in [2.45, 2.75) is 25.3 Å². The van der Waals surface area contributed by atoms with Gasteiger partial charge in [-0.15, -0.1) is 0 Å². The van der Waals surface area contributed by atoms with Gasteiger partial charge in [0.05, 0.1) is 24.1 Å². The first kappa shape index (κ1) is 15.4. The average molecular weight is 337 g/mol. The van der Waals surface area contributed by atoms with Crippen LogP contribution in [-0.4, -0.2) is 42.4 Å². The topological polar surface area (TPSA) is 91.7 Å². The van der Waals surface area contributed by atoms with Gasteiger partial charge in [0.2, 0.25) is 0 Å². The second-order valence-electron chi connectivity index (χ2n) is 6.02. The number of likely N-dealkylation sites (tertiary alicyclic amines) is 1. The molecule has 4 heterocycles. The van der Waals surface area contributed by atoms with Crippen molar-refractivity contribution in [1.82, 2.24) is 29.9 Å². The lowest BCUT2D eigenvalue weighted by Gasteiger charge is -2.35. The fourth-order valence-electron chi connectivity index (χ4n) is 3.16. The van der Waals surface area contributed by atoms with Gasteiger partial charge < -0.3 is 10.2 Å². The summed E-state index contributed by atoms with van der Waals surface area (Å²) in [6.07, 6.45) is 11.9. The highest BCUT2D eigenvalue weighted by molar-refractivity contribution is 5.89. The number of anilines is 1. The highest BCUT2D eigenvalue weighted by Gasteiger charge is 2.28. The van der Waals surface area contributed by atoms with Crippen molar-refractivity contribution in [2.75, 3.05) is 11.9 Å². The molecule has 8 heteroatoms. The number of nitrogens with zero attached hydrogens (tertiary/aromatic N) is 5. The smallest absolute Gasteiger partial charge is 0.317 e. The number of rotatable bonds is 3. The summed E-state index contributed by atoms with van der Waals surface area (Å²) in [6.45, 7) is 0.737. The van der Waals surface area contributed by atoms with Crippen LogP contribution in [0.4, 0.5) is 10.5 Å². The van der Waals surface area contributed by atoms with Gasteiger partial charge in [0.15, 0.2) is 5.82 Å². The second kappa shape index (κ2) is 6.76. The Kier molecular flexibility index (Phi) is 4.16. The molecule has 0 unspecified atom stereocenters. The van der Waals surface area contributed by atoms with Crippen LogP contribution in [0.5, 0.6) is 0 Å². The zero-order valence-electron chi connectivity index (χ0n) is 13.7. The molecule has 2 N–H and O–H groups in total. The molecule has 0 saturated carbocycles. The molecule has 3 aromatic rings. The van der Waals surface area contributed by atoms with Crippen molar-refractivity contribution < 1.29 is 4.79 Å². The van der Waals surface area contributed by atoms with Crippen LogP contribution >= 0.6 is 0 Å². The van der Waals surface area contributed by atoms with Gasteiger partial charge in [0.1, 0.15) is 0 Å². The molecule has 0 aromatic carbocycles. The van der Waals surface area contributed by atoms with Crippen LogP contribution in [-0.2, 0) is 0 Å². The van der Waals surface area contributed by atoms with E-state index in [0.717, 1.165) is 31.4 Å². The molecular weight excluding hydrogens is 318 g/mol. The van der Waals surface area contributed by atoms with E-state index in [1.807, 2.05) is 35.5 Å². The summed E-state index contributed by atoms with van der Waals surface area (Å²) >= 11 is 0. The lowest BCUT2D eigenvalue weighted by molar-refractivity contribution is 0.163. The van der Waals surface area contributed by atoms with Crippen molar-refractivity contribution in [1.29, 1.82) is 0 Å². The number of carbonyl (C=O) groups is 1. The Morgan fingerprint density at radius 3 is 2.96 bits per heavy atom. The van der Waals surface area contributed by atoms with Crippen LogP contribution < -0.4 is 5.32 Å². The molecule has 3 aromatic heterocycles. The van der Waals surface area contributed by atoms with E-state index < -0.39 is 0 Å². The first-order valence-electron chi connectivity index (χ1n) is 8.33. The quantitative estimate of drug-likeness (QED) is 0.769. The first-order valence-corrected chi connectivity index (χ1v) is 8.33. The number of aromatic amines is 1. The molecule has 25 heavy (non-hydrogen) atoms. The Morgan fingerprint density at radius 1 is 1.28 bits per heavy atom. The Hall–Kier alpha value is -3.16. The number of amides is 2. The third-order valence-corrected chi connectivity index (χ3v) is 4.41. The van der Waals surface area contributed by atoms with Crippen molar-refractivity contribution in [2.24, 2.45) is 0 Å². The second-order valence-corrected chi connectivity index (χ2v) is 6.02. The Morgan fingerprint density at radius 2 is 2.24 bits per heavy atom. The Bertz CT molecular complexity index is 811.